The van der Waals surface area contributed by atoms with Crippen molar-refractivity contribution in [1.29, 1.82) is 0 Å². The van der Waals surface area contributed by atoms with Crippen molar-refractivity contribution >= 4 is 0 Å². The van der Waals surface area contributed by atoms with Crippen LogP contribution in [0, 0.1) is 0 Å². The maximum Gasteiger partial charge on any atom is 0.0582 e. The van der Waals surface area contributed by atoms with Crippen LogP contribution in [0.1, 0.15) is 37.9 Å². The monoisotopic (exact) mass is 207 g/mol. The molecule has 2 heteroatoms. The molecule has 0 radical (unpaired) electrons. The van der Waals surface area contributed by atoms with E-state index >= 15 is 0 Å². The van der Waals surface area contributed by atoms with Gasteiger partial charge in [0.2, 0.25) is 0 Å². The molecule has 0 aliphatic carbocycles. The Balaban J connectivity index is 2.61. The predicted octanol–water partition coefficient (Wildman–Crippen LogP) is 2.28. The van der Waals surface area contributed by atoms with Gasteiger partial charge < -0.3 is 10.4 Å². The number of hydrogen-bond acceptors (Lipinski definition) is 2. The van der Waals surface area contributed by atoms with Crippen LogP contribution >= 0.6 is 0 Å². The van der Waals surface area contributed by atoms with Gasteiger partial charge in [-0.15, -0.1) is 0 Å². The van der Waals surface area contributed by atoms with Gasteiger partial charge in [-0.05, 0) is 31.4 Å². The second kappa shape index (κ2) is 5.89. The Morgan fingerprint density at radius 1 is 1.20 bits per heavy atom. The molecule has 0 heterocycles. The first-order valence-corrected chi connectivity index (χ1v) is 5.63. The molecule has 1 aromatic carbocycles. The summed E-state index contributed by atoms with van der Waals surface area (Å²) in [7, 11) is 0. The molecule has 0 aromatic heterocycles. The van der Waals surface area contributed by atoms with E-state index in [4.69, 9.17) is 5.11 Å². The Morgan fingerprint density at radius 3 is 2.27 bits per heavy atom. The fourth-order valence-electron chi connectivity index (χ4n) is 1.62. The molecule has 1 rings (SSSR count). The van der Waals surface area contributed by atoms with E-state index in [0.717, 1.165) is 6.42 Å². The zero-order valence-electron chi connectivity index (χ0n) is 9.83. The number of rotatable bonds is 5. The molecular weight excluding hydrogens is 186 g/mol. The minimum Gasteiger partial charge on any atom is -0.395 e. The lowest BCUT2D eigenvalue weighted by Crippen LogP contribution is -2.31. The fraction of sp³-hybridized carbons (Fsp3) is 0.538. The van der Waals surface area contributed by atoms with Gasteiger partial charge >= 0.3 is 0 Å². The number of aliphatic hydroxyl groups excluding tert-OH is 1. The lowest BCUT2D eigenvalue weighted by atomic mass is 10.0. The second-order valence-corrected chi connectivity index (χ2v) is 4.07. The highest BCUT2D eigenvalue weighted by molar-refractivity contribution is 5.24. The molecule has 0 saturated carbocycles. The molecule has 2 N–H and O–H groups in total. The molecule has 0 spiro atoms. The third kappa shape index (κ3) is 3.65. The van der Waals surface area contributed by atoms with Crippen LogP contribution in [-0.4, -0.2) is 17.8 Å². The zero-order chi connectivity index (χ0) is 11.3. The van der Waals surface area contributed by atoms with Gasteiger partial charge in [-0.3, -0.25) is 0 Å². The standard InChI is InChI=1S/C13H21NO/c1-4-12-5-7-13(8-6-12)11(3)14-10(2)9-15/h5-8,10-11,14-15H,4,9H2,1-3H3. The summed E-state index contributed by atoms with van der Waals surface area (Å²) in [5, 5.41) is 12.3. The normalized spacial score (nSPS) is 14.9. The third-order valence-corrected chi connectivity index (χ3v) is 2.70. The summed E-state index contributed by atoms with van der Waals surface area (Å²) in [6, 6.07) is 9.07. The van der Waals surface area contributed by atoms with E-state index in [2.05, 4.69) is 43.4 Å². The van der Waals surface area contributed by atoms with Gasteiger partial charge in [0.05, 0.1) is 6.61 Å². The Kier molecular flexibility index (Phi) is 4.79. The summed E-state index contributed by atoms with van der Waals surface area (Å²) in [6.07, 6.45) is 1.08. The summed E-state index contributed by atoms with van der Waals surface area (Å²) < 4.78 is 0. The van der Waals surface area contributed by atoms with Crippen molar-refractivity contribution in [3.63, 3.8) is 0 Å². The SMILES string of the molecule is CCc1ccc(C(C)NC(C)CO)cc1. The molecule has 0 bridgehead atoms. The van der Waals surface area contributed by atoms with Crippen LogP contribution < -0.4 is 5.32 Å². The molecule has 0 fully saturated rings. The first-order valence-electron chi connectivity index (χ1n) is 5.63. The molecule has 84 valence electrons. The maximum absolute atomic E-state index is 8.95. The molecule has 2 nitrogen and oxygen atoms in total. The van der Waals surface area contributed by atoms with E-state index in [1.54, 1.807) is 0 Å². The van der Waals surface area contributed by atoms with Crippen molar-refractivity contribution < 1.29 is 5.11 Å². The van der Waals surface area contributed by atoms with E-state index in [0.29, 0.717) is 0 Å². The summed E-state index contributed by atoms with van der Waals surface area (Å²) in [4.78, 5) is 0. The van der Waals surface area contributed by atoms with Crippen molar-refractivity contribution in [2.24, 2.45) is 0 Å². The van der Waals surface area contributed by atoms with Crippen molar-refractivity contribution in [3.8, 4) is 0 Å². The molecule has 15 heavy (non-hydrogen) atoms. The van der Waals surface area contributed by atoms with E-state index in [9.17, 15) is 0 Å². The van der Waals surface area contributed by atoms with Gasteiger partial charge in [0.1, 0.15) is 0 Å². The maximum atomic E-state index is 8.95. The van der Waals surface area contributed by atoms with Gasteiger partial charge in [-0.25, -0.2) is 0 Å². The molecule has 0 aliphatic rings. The minimum absolute atomic E-state index is 0.144. The van der Waals surface area contributed by atoms with Gasteiger partial charge in [0.25, 0.3) is 0 Å². The first-order chi connectivity index (χ1) is 7.17. The van der Waals surface area contributed by atoms with Crippen LogP contribution in [-0.2, 0) is 6.42 Å². The van der Waals surface area contributed by atoms with E-state index in [-0.39, 0.29) is 18.7 Å². The highest BCUT2D eigenvalue weighted by Crippen LogP contribution is 2.14. The second-order valence-electron chi connectivity index (χ2n) is 4.07. The Bertz CT molecular complexity index is 281. The van der Waals surface area contributed by atoms with Crippen LogP contribution in [0.5, 0.6) is 0 Å². The molecular formula is C13H21NO. The number of aliphatic hydroxyl groups is 1. The largest absolute Gasteiger partial charge is 0.395 e. The number of benzene rings is 1. The van der Waals surface area contributed by atoms with Crippen LogP contribution in [0.3, 0.4) is 0 Å². The lowest BCUT2D eigenvalue weighted by Gasteiger charge is -2.18. The molecule has 0 saturated heterocycles. The highest BCUT2D eigenvalue weighted by atomic mass is 16.3. The summed E-state index contributed by atoms with van der Waals surface area (Å²) in [6.45, 7) is 6.44. The van der Waals surface area contributed by atoms with Gasteiger partial charge in [-0.2, -0.15) is 0 Å². The fourth-order valence-corrected chi connectivity index (χ4v) is 1.62. The topological polar surface area (TPSA) is 32.3 Å². The number of aryl methyl sites for hydroxylation is 1. The van der Waals surface area contributed by atoms with Gasteiger partial charge in [0, 0.05) is 12.1 Å². The quantitative estimate of drug-likeness (QED) is 0.776. The third-order valence-electron chi connectivity index (χ3n) is 2.70. The number of hydrogen-bond donors (Lipinski definition) is 2. The van der Waals surface area contributed by atoms with E-state index in [1.165, 1.54) is 11.1 Å². The van der Waals surface area contributed by atoms with Crippen molar-refractivity contribution in [2.75, 3.05) is 6.61 Å². The number of nitrogens with one attached hydrogen (secondary N) is 1. The average Bonchev–Trinajstić information content (AvgIpc) is 2.29. The predicted molar refractivity (Wildman–Crippen MR) is 63.9 cm³/mol. The zero-order valence-corrected chi connectivity index (χ0v) is 9.83. The molecule has 0 amide bonds. The van der Waals surface area contributed by atoms with Crippen LogP contribution in [0.15, 0.2) is 24.3 Å². The lowest BCUT2D eigenvalue weighted by molar-refractivity contribution is 0.243. The van der Waals surface area contributed by atoms with Crippen LogP contribution in [0.2, 0.25) is 0 Å². The Hall–Kier alpha value is -0.860. The van der Waals surface area contributed by atoms with Crippen LogP contribution in [0.25, 0.3) is 0 Å². The smallest absolute Gasteiger partial charge is 0.0582 e. The van der Waals surface area contributed by atoms with Crippen molar-refractivity contribution in [2.45, 2.75) is 39.3 Å². The summed E-state index contributed by atoms with van der Waals surface area (Å²) >= 11 is 0. The van der Waals surface area contributed by atoms with Crippen molar-refractivity contribution in [3.05, 3.63) is 35.4 Å². The molecule has 1 aromatic rings. The van der Waals surface area contributed by atoms with Gasteiger partial charge in [-0.1, -0.05) is 31.2 Å². The van der Waals surface area contributed by atoms with E-state index < -0.39 is 0 Å². The Morgan fingerprint density at radius 2 is 1.80 bits per heavy atom. The Labute approximate surface area is 92.3 Å². The first kappa shape index (κ1) is 12.2. The van der Waals surface area contributed by atoms with Gasteiger partial charge in [0.15, 0.2) is 0 Å². The average molecular weight is 207 g/mol. The van der Waals surface area contributed by atoms with Crippen molar-refractivity contribution in [1.82, 2.24) is 5.32 Å². The van der Waals surface area contributed by atoms with Crippen LogP contribution in [0.4, 0.5) is 0 Å². The molecule has 0 aliphatic heterocycles. The highest BCUT2D eigenvalue weighted by Gasteiger charge is 2.07. The molecule has 2 atom stereocenters. The summed E-state index contributed by atoms with van der Waals surface area (Å²) in [5.41, 5.74) is 2.63. The minimum atomic E-state index is 0.144. The van der Waals surface area contributed by atoms with E-state index in [1.807, 2.05) is 6.92 Å². The summed E-state index contributed by atoms with van der Waals surface area (Å²) in [5.74, 6) is 0. The molecule has 2 unspecified atom stereocenters.